The number of hydrogen-bond acceptors (Lipinski definition) is 3. The van der Waals surface area contributed by atoms with E-state index in [1.807, 2.05) is 6.20 Å². The Kier molecular flexibility index (Phi) is 3.63. The quantitative estimate of drug-likeness (QED) is 0.911. The summed E-state index contributed by atoms with van der Waals surface area (Å²) in [5.41, 5.74) is 8.24. The molecule has 1 saturated heterocycles. The lowest BCUT2D eigenvalue weighted by atomic mass is 9.83. The fourth-order valence-corrected chi connectivity index (χ4v) is 3.65. The first-order chi connectivity index (χ1) is 9.22. The lowest BCUT2D eigenvalue weighted by molar-refractivity contribution is -0.0690. The van der Waals surface area contributed by atoms with Gasteiger partial charge in [0, 0.05) is 17.8 Å². The van der Waals surface area contributed by atoms with Gasteiger partial charge >= 0.3 is 0 Å². The highest BCUT2D eigenvalue weighted by molar-refractivity contribution is 5.15. The van der Waals surface area contributed by atoms with Gasteiger partial charge in [0.1, 0.15) is 0 Å². The highest BCUT2D eigenvalue weighted by atomic mass is 16.5. The fourth-order valence-electron chi connectivity index (χ4n) is 3.65. The van der Waals surface area contributed by atoms with Crippen LogP contribution in [0.3, 0.4) is 0 Å². The topological polar surface area (TPSA) is 53.1 Å². The second-order valence-corrected chi connectivity index (χ2v) is 6.16. The second kappa shape index (κ2) is 5.25. The van der Waals surface area contributed by atoms with E-state index in [4.69, 9.17) is 10.5 Å². The molecule has 1 spiro atoms. The van der Waals surface area contributed by atoms with Crippen molar-refractivity contribution in [2.24, 2.45) is 5.73 Å². The van der Waals surface area contributed by atoms with E-state index in [-0.39, 0.29) is 5.60 Å². The third-order valence-electron chi connectivity index (χ3n) is 4.90. The zero-order valence-electron chi connectivity index (χ0n) is 11.9. The summed E-state index contributed by atoms with van der Waals surface area (Å²) in [7, 11) is 0. The minimum atomic E-state index is 0.209. The van der Waals surface area contributed by atoms with Crippen molar-refractivity contribution in [1.82, 2.24) is 9.78 Å². The van der Waals surface area contributed by atoms with Gasteiger partial charge in [-0.25, -0.2) is 0 Å². The standard InChI is InChI=1S/C15H25N3O/c1-12-13(9-16)10-17-18(12)11-14-5-8-15(19-14)6-3-2-4-7-15/h10,14H,2-9,11,16H2,1H3. The predicted octanol–water partition coefficient (Wildman–Crippen LogP) is 2.53. The van der Waals surface area contributed by atoms with Crippen molar-refractivity contribution < 1.29 is 4.74 Å². The molecule has 106 valence electrons. The Morgan fingerprint density at radius 2 is 2.16 bits per heavy atom. The molecule has 1 unspecified atom stereocenters. The number of rotatable bonds is 3. The van der Waals surface area contributed by atoms with Gasteiger partial charge < -0.3 is 10.5 Å². The molecule has 1 saturated carbocycles. The van der Waals surface area contributed by atoms with Crippen molar-refractivity contribution in [2.75, 3.05) is 0 Å². The Morgan fingerprint density at radius 3 is 2.84 bits per heavy atom. The summed E-state index contributed by atoms with van der Waals surface area (Å²) in [4.78, 5) is 0. The van der Waals surface area contributed by atoms with Gasteiger partial charge in [-0.3, -0.25) is 4.68 Å². The summed E-state index contributed by atoms with van der Waals surface area (Å²) in [5.74, 6) is 0. The minimum Gasteiger partial charge on any atom is -0.370 e. The molecule has 1 aliphatic carbocycles. The largest absolute Gasteiger partial charge is 0.370 e. The number of nitrogens with zero attached hydrogens (tertiary/aromatic N) is 2. The van der Waals surface area contributed by atoms with Crippen molar-refractivity contribution in [3.05, 3.63) is 17.5 Å². The van der Waals surface area contributed by atoms with Gasteiger partial charge in [0.05, 0.1) is 24.4 Å². The molecule has 0 radical (unpaired) electrons. The number of aromatic nitrogens is 2. The van der Waals surface area contributed by atoms with Crippen LogP contribution in [0.15, 0.2) is 6.20 Å². The van der Waals surface area contributed by atoms with Crippen LogP contribution in [0.25, 0.3) is 0 Å². The van der Waals surface area contributed by atoms with Gasteiger partial charge in [0.15, 0.2) is 0 Å². The molecule has 1 atom stereocenters. The number of ether oxygens (including phenoxy) is 1. The summed E-state index contributed by atoms with van der Waals surface area (Å²) < 4.78 is 8.46. The first kappa shape index (κ1) is 13.1. The second-order valence-electron chi connectivity index (χ2n) is 6.16. The third-order valence-corrected chi connectivity index (χ3v) is 4.90. The summed E-state index contributed by atoms with van der Waals surface area (Å²) >= 11 is 0. The molecule has 0 aromatic carbocycles. The Balaban J connectivity index is 1.63. The highest BCUT2D eigenvalue weighted by Gasteiger charge is 2.40. The van der Waals surface area contributed by atoms with Crippen molar-refractivity contribution in [3.63, 3.8) is 0 Å². The summed E-state index contributed by atoms with van der Waals surface area (Å²) in [6.07, 6.45) is 11.2. The van der Waals surface area contributed by atoms with Gasteiger partial charge in [-0.2, -0.15) is 5.10 Å². The van der Waals surface area contributed by atoms with Crippen molar-refractivity contribution >= 4 is 0 Å². The van der Waals surface area contributed by atoms with E-state index < -0.39 is 0 Å². The molecule has 19 heavy (non-hydrogen) atoms. The van der Waals surface area contributed by atoms with Gasteiger partial charge in [0.25, 0.3) is 0 Å². The van der Waals surface area contributed by atoms with E-state index in [2.05, 4.69) is 16.7 Å². The van der Waals surface area contributed by atoms with Crippen molar-refractivity contribution in [2.45, 2.75) is 76.7 Å². The smallest absolute Gasteiger partial charge is 0.0779 e. The van der Waals surface area contributed by atoms with E-state index >= 15 is 0 Å². The molecule has 2 fully saturated rings. The predicted molar refractivity (Wildman–Crippen MR) is 74.8 cm³/mol. The molecular formula is C15H25N3O. The molecule has 1 aromatic rings. The summed E-state index contributed by atoms with van der Waals surface area (Å²) in [5, 5.41) is 4.44. The molecule has 0 amide bonds. The molecule has 2 aliphatic rings. The summed E-state index contributed by atoms with van der Waals surface area (Å²) in [6, 6.07) is 0. The lowest BCUT2D eigenvalue weighted by Crippen LogP contribution is -2.32. The van der Waals surface area contributed by atoms with E-state index in [1.165, 1.54) is 50.6 Å². The van der Waals surface area contributed by atoms with Crippen molar-refractivity contribution in [3.8, 4) is 0 Å². The zero-order chi connectivity index (χ0) is 13.3. The third kappa shape index (κ3) is 2.56. The van der Waals surface area contributed by atoms with Gasteiger partial charge in [-0.1, -0.05) is 19.3 Å². The maximum absolute atomic E-state index is 6.40. The van der Waals surface area contributed by atoms with E-state index in [0.717, 1.165) is 12.1 Å². The summed E-state index contributed by atoms with van der Waals surface area (Å²) in [6.45, 7) is 3.55. The highest BCUT2D eigenvalue weighted by Crippen LogP contribution is 2.42. The van der Waals surface area contributed by atoms with Crippen LogP contribution in [-0.2, 0) is 17.8 Å². The molecule has 4 heteroatoms. The molecule has 2 N–H and O–H groups in total. The monoisotopic (exact) mass is 263 g/mol. The van der Waals surface area contributed by atoms with Crippen LogP contribution < -0.4 is 5.73 Å². The van der Waals surface area contributed by atoms with Crippen LogP contribution in [0, 0.1) is 6.92 Å². The van der Waals surface area contributed by atoms with Gasteiger partial charge in [-0.15, -0.1) is 0 Å². The number of nitrogens with two attached hydrogens (primary N) is 1. The molecule has 1 aliphatic heterocycles. The maximum atomic E-state index is 6.40. The van der Waals surface area contributed by atoms with E-state index in [9.17, 15) is 0 Å². The Labute approximate surface area is 115 Å². The lowest BCUT2D eigenvalue weighted by Gasteiger charge is -2.33. The van der Waals surface area contributed by atoms with Crippen molar-refractivity contribution in [1.29, 1.82) is 0 Å². The SMILES string of the molecule is Cc1c(CN)cnn1CC1CCC2(CCCCC2)O1. The van der Waals surface area contributed by atoms with Gasteiger partial charge in [0.2, 0.25) is 0 Å². The van der Waals surface area contributed by atoms with Crippen LogP contribution in [0.1, 0.15) is 56.2 Å². The first-order valence-electron chi connectivity index (χ1n) is 7.62. The van der Waals surface area contributed by atoms with Crippen LogP contribution in [0.5, 0.6) is 0 Å². The molecule has 4 nitrogen and oxygen atoms in total. The molecule has 0 bridgehead atoms. The molecule has 1 aromatic heterocycles. The van der Waals surface area contributed by atoms with Crippen LogP contribution in [-0.4, -0.2) is 21.5 Å². The van der Waals surface area contributed by atoms with E-state index in [0.29, 0.717) is 12.6 Å². The Morgan fingerprint density at radius 1 is 1.37 bits per heavy atom. The van der Waals surface area contributed by atoms with Crippen LogP contribution in [0.2, 0.25) is 0 Å². The Bertz CT molecular complexity index is 435. The van der Waals surface area contributed by atoms with E-state index in [1.54, 1.807) is 0 Å². The van der Waals surface area contributed by atoms with Crippen LogP contribution >= 0.6 is 0 Å². The zero-order valence-corrected chi connectivity index (χ0v) is 11.9. The minimum absolute atomic E-state index is 0.209. The average Bonchev–Trinajstić information content (AvgIpc) is 2.97. The number of hydrogen-bond donors (Lipinski definition) is 1. The molecule has 2 heterocycles. The Hall–Kier alpha value is -0.870. The molecular weight excluding hydrogens is 238 g/mol. The maximum Gasteiger partial charge on any atom is 0.0779 e. The van der Waals surface area contributed by atoms with Gasteiger partial charge in [-0.05, 0) is 32.6 Å². The first-order valence-corrected chi connectivity index (χ1v) is 7.62. The molecule has 3 rings (SSSR count). The fraction of sp³-hybridized carbons (Fsp3) is 0.800. The van der Waals surface area contributed by atoms with Crippen LogP contribution in [0.4, 0.5) is 0 Å². The normalized spacial score (nSPS) is 26.1. The average molecular weight is 263 g/mol.